The van der Waals surface area contributed by atoms with Crippen LogP contribution in [0.2, 0.25) is 0 Å². The second-order valence-corrected chi connectivity index (χ2v) is 6.76. The molecule has 7 nitrogen and oxygen atoms in total. The molecule has 1 saturated carbocycles. The summed E-state index contributed by atoms with van der Waals surface area (Å²) in [6.45, 7) is 4.74. The van der Waals surface area contributed by atoms with Crippen molar-refractivity contribution < 1.29 is 14.5 Å². The maximum Gasteiger partial charge on any atom is 0.273 e. The SMILES string of the molecule is CCc1ccc(C(=O)N2CCN(CC(=O)C3CC3)CC2)cc1[N+](=O)[O-]. The molecule has 0 atom stereocenters. The van der Waals surface area contributed by atoms with Crippen LogP contribution in [0, 0.1) is 16.0 Å². The largest absolute Gasteiger partial charge is 0.336 e. The lowest BCUT2D eigenvalue weighted by Crippen LogP contribution is -2.50. The van der Waals surface area contributed by atoms with E-state index in [2.05, 4.69) is 4.90 Å². The molecule has 0 spiro atoms. The van der Waals surface area contributed by atoms with Crippen LogP contribution < -0.4 is 0 Å². The standard InChI is InChI=1S/C18H23N3O4/c1-2-13-3-6-15(11-16(13)21(24)25)18(23)20-9-7-19(8-10-20)12-17(22)14-4-5-14/h3,6,11,14H,2,4-5,7-10,12H2,1H3. The Bertz CT molecular complexity index is 692. The molecule has 1 amide bonds. The minimum Gasteiger partial charge on any atom is -0.336 e. The van der Waals surface area contributed by atoms with E-state index in [0.717, 1.165) is 12.8 Å². The third kappa shape index (κ3) is 4.04. The van der Waals surface area contributed by atoms with Gasteiger partial charge in [0.05, 0.1) is 11.5 Å². The molecule has 1 heterocycles. The van der Waals surface area contributed by atoms with E-state index in [1.807, 2.05) is 6.92 Å². The molecule has 1 saturated heterocycles. The lowest BCUT2D eigenvalue weighted by atomic mass is 10.1. The number of rotatable bonds is 6. The Morgan fingerprint density at radius 3 is 2.44 bits per heavy atom. The van der Waals surface area contributed by atoms with E-state index in [1.165, 1.54) is 6.07 Å². The summed E-state index contributed by atoms with van der Waals surface area (Å²) in [6.07, 6.45) is 2.59. The first kappa shape index (κ1) is 17.5. The molecule has 0 unspecified atom stereocenters. The number of aryl methyl sites for hydroxylation is 1. The van der Waals surface area contributed by atoms with E-state index >= 15 is 0 Å². The van der Waals surface area contributed by atoms with E-state index in [-0.39, 0.29) is 17.5 Å². The van der Waals surface area contributed by atoms with Crippen molar-refractivity contribution in [2.45, 2.75) is 26.2 Å². The summed E-state index contributed by atoms with van der Waals surface area (Å²) in [5.74, 6) is 0.391. The quantitative estimate of drug-likeness (QED) is 0.581. The fourth-order valence-electron chi connectivity index (χ4n) is 3.21. The van der Waals surface area contributed by atoms with Crippen LogP contribution in [-0.4, -0.2) is 59.1 Å². The average molecular weight is 345 g/mol. The molecule has 25 heavy (non-hydrogen) atoms. The summed E-state index contributed by atoms with van der Waals surface area (Å²) in [7, 11) is 0. The van der Waals surface area contributed by atoms with Gasteiger partial charge in [-0.25, -0.2) is 0 Å². The number of Topliss-reactive ketones (excluding diaryl/α,β-unsaturated/α-hetero) is 1. The molecule has 7 heteroatoms. The first-order valence-corrected chi connectivity index (χ1v) is 8.81. The first-order valence-electron chi connectivity index (χ1n) is 8.81. The minimum atomic E-state index is -0.433. The molecule has 2 fully saturated rings. The second-order valence-electron chi connectivity index (χ2n) is 6.76. The van der Waals surface area contributed by atoms with Crippen LogP contribution in [0.25, 0.3) is 0 Å². The van der Waals surface area contributed by atoms with Gasteiger partial charge in [0.15, 0.2) is 0 Å². The smallest absolute Gasteiger partial charge is 0.273 e. The van der Waals surface area contributed by atoms with Crippen LogP contribution in [0.15, 0.2) is 18.2 Å². The topological polar surface area (TPSA) is 83.8 Å². The van der Waals surface area contributed by atoms with Crippen molar-refractivity contribution in [3.05, 3.63) is 39.4 Å². The highest BCUT2D eigenvalue weighted by Gasteiger charge is 2.32. The van der Waals surface area contributed by atoms with Crippen molar-refractivity contribution in [3.8, 4) is 0 Å². The van der Waals surface area contributed by atoms with Gasteiger partial charge in [0.2, 0.25) is 0 Å². The molecule has 3 rings (SSSR count). The monoisotopic (exact) mass is 345 g/mol. The van der Waals surface area contributed by atoms with E-state index in [1.54, 1.807) is 17.0 Å². The number of hydrogen-bond donors (Lipinski definition) is 0. The molecule has 0 radical (unpaired) electrons. The molecule has 0 N–H and O–H groups in total. The summed E-state index contributed by atoms with van der Waals surface area (Å²) < 4.78 is 0. The molecule has 1 aromatic carbocycles. The zero-order valence-electron chi connectivity index (χ0n) is 14.4. The average Bonchev–Trinajstić information content (AvgIpc) is 3.46. The first-order chi connectivity index (χ1) is 12.0. The Hall–Kier alpha value is -2.28. The van der Waals surface area contributed by atoms with Crippen LogP contribution >= 0.6 is 0 Å². The van der Waals surface area contributed by atoms with Gasteiger partial charge in [-0.2, -0.15) is 0 Å². The van der Waals surface area contributed by atoms with E-state index in [9.17, 15) is 19.7 Å². The number of ketones is 1. The lowest BCUT2D eigenvalue weighted by molar-refractivity contribution is -0.385. The predicted molar refractivity (Wildman–Crippen MR) is 92.5 cm³/mol. The third-order valence-corrected chi connectivity index (χ3v) is 4.98. The van der Waals surface area contributed by atoms with Crippen LogP contribution in [-0.2, 0) is 11.2 Å². The maximum atomic E-state index is 12.6. The highest BCUT2D eigenvalue weighted by atomic mass is 16.6. The van der Waals surface area contributed by atoms with Gasteiger partial charge in [-0.1, -0.05) is 13.0 Å². The Labute approximate surface area is 146 Å². The molecule has 2 aliphatic rings. The minimum absolute atomic E-state index is 0.00187. The molecular weight excluding hydrogens is 322 g/mol. The highest BCUT2D eigenvalue weighted by Crippen LogP contribution is 2.30. The third-order valence-electron chi connectivity index (χ3n) is 4.98. The van der Waals surface area contributed by atoms with Crippen LogP contribution in [0.3, 0.4) is 0 Å². The summed E-state index contributed by atoms with van der Waals surface area (Å²) in [4.78, 5) is 39.1. The van der Waals surface area contributed by atoms with Gasteiger partial charge in [-0.3, -0.25) is 24.6 Å². The van der Waals surface area contributed by atoms with Gasteiger partial charge in [-0.15, -0.1) is 0 Å². The number of carbonyl (C=O) groups is 2. The number of nitro groups is 1. The van der Waals surface area contributed by atoms with E-state index < -0.39 is 4.92 Å². The summed E-state index contributed by atoms with van der Waals surface area (Å²) in [6, 6.07) is 4.71. The lowest BCUT2D eigenvalue weighted by Gasteiger charge is -2.34. The van der Waals surface area contributed by atoms with Gasteiger partial charge >= 0.3 is 0 Å². The zero-order valence-corrected chi connectivity index (χ0v) is 14.4. The summed E-state index contributed by atoms with van der Waals surface area (Å²) in [5, 5.41) is 11.2. The van der Waals surface area contributed by atoms with Crippen molar-refractivity contribution in [1.82, 2.24) is 9.80 Å². The van der Waals surface area contributed by atoms with Crippen LogP contribution in [0.5, 0.6) is 0 Å². The Kier molecular flexibility index (Phi) is 5.13. The summed E-state index contributed by atoms with van der Waals surface area (Å²) >= 11 is 0. The Morgan fingerprint density at radius 1 is 1.20 bits per heavy atom. The fraction of sp³-hybridized carbons (Fsp3) is 0.556. The Morgan fingerprint density at radius 2 is 1.88 bits per heavy atom. The number of hydrogen-bond acceptors (Lipinski definition) is 5. The summed E-state index contributed by atoms with van der Waals surface area (Å²) in [5.41, 5.74) is 0.985. The van der Waals surface area contributed by atoms with Gasteiger partial charge in [-0.05, 0) is 25.3 Å². The van der Waals surface area contributed by atoms with Crippen LogP contribution in [0.4, 0.5) is 5.69 Å². The van der Waals surface area contributed by atoms with Crippen molar-refractivity contribution >= 4 is 17.4 Å². The van der Waals surface area contributed by atoms with Crippen molar-refractivity contribution in [3.63, 3.8) is 0 Å². The number of carbonyl (C=O) groups excluding carboxylic acids is 2. The van der Waals surface area contributed by atoms with Crippen molar-refractivity contribution in [2.24, 2.45) is 5.92 Å². The van der Waals surface area contributed by atoms with Gasteiger partial charge in [0.25, 0.3) is 11.6 Å². The van der Waals surface area contributed by atoms with Gasteiger partial charge in [0.1, 0.15) is 5.78 Å². The normalized spacial score (nSPS) is 18.2. The molecular formula is C18H23N3O4. The van der Waals surface area contributed by atoms with Gasteiger partial charge in [0, 0.05) is 49.3 Å². The van der Waals surface area contributed by atoms with Crippen molar-refractivity contribution in [1.29, 1.82) is 0 Å². The number of amides is 1. The van der Waals surface area contributed by atoms with E-state index in [4.69, 9.17) is 0 Å². The number of nitro benzene ring substituents is 1. The number of nitrogens with zero attached hydrogens (tertiary/aromatic N) is 3. The number of piperazine rings is 1. The molecule has 1 aliphatic heterocycles. The van der Waals surface area contributed by atoms with Gasteiger partial charge < -0.3 is 4.90 Å². The number of benzene rings is 1. The molecule has 0 aromatic heterocycles. The van der Waals surface area contributed by atoms with Crippen LogP contribution in [0.1, 0.15) is 35.7 Å². The second kappa shape index (κ2) is 7.31. The zero-order chi connectivity index (χ0) is 18.0. The molecule has 0 bridgehead atoms. The predicted octanol–water partition coefficient (Wildman–Crippen LogP) is 1.89. The fourth-order valence-corrected chi connectivity index (χ4v) is 3.21. The Balaban J connectivity index is 1.61. The highest BCUT2D eigenvalue weighted by molar-refractivity contribution is 5.95. The molecule has 1 aliphatic carbocycles. The van der Waals surface area contributed by atoms with E-state index in [0.29, 0.717) is 56.1 Å². The maximum absolute atomic E-state index is 12.6. The molecule has 1 aromatic rings. The molecule has 134 valence electrons. The van der Waals surface area contributed by atoms with Crippen molar-refractivity contribution in [2.75, 3.05) is 32.7 Å².